The molecule has 2 aromatic rings. The number of rotatable bonds is 4. The van der Waals surface area contributed by atoms with Crippen LogP contribution in [-0.4, -0.2) is 16.6 Å². The number of nitrogens with zero attached hydrogens (tertiary/aromatic N) is 1. The number of aromatic nitrogens is 1. The summed E-state index contributed by atoms with van der Waals surface area (Å²) < 4.78 is 5.80. The lowest BCUT2D eigenvalue weighted by molar-refractivity contribution is 0.236. The minimum Gasteiger partial charge on any atom is -0.475 e. The molecule has 0 aliphatic carbocycles. The van der Waals surface area contributed by atoms with Gasteiger partial charge in [0, 0.05) is 23.7 Å². The minimum atomic E-state index is 0.0915. The summed E-state index contributed by atoms with van der Waals surface area (Å²) in [5, 5.41) is 5.79. The Hall–Kier alpha value is -1.61. The largest absolute Gasteiger partial charge is 0.475 e. The van der Waals surface area contributed by atoms with Crippen molar-refractivity contribution in [2.24, 2.45) is 0 Å². The van der Waals surface area contributed by atoms with Gasteiger partial charge in [0.2, 0.25) is 5.88 Å². The van der Waals surface area contributed by atoms with Gasteiger partial charge in [0.25, 0.3) is 0 Å². The third-order valence-corrected chi connectivity index (χ3v) is 3.00. The van der Waals surface area contributed by atoms with Crippen molar-refractivity contribution in [3.63, 3.8) is 0 Å². The zero-order valence-corrected chi connectivity index (χ0v) is 13.0. The molecule has 0 spiro atoms. The van der Waals surface area contributed by atoms with Gasteiger partial charge in [-0.3, -0.25) is 0 Å². The molecular formula is C17H24N2O. The second-order valence-electron chi connectivity index (χ2n) is 6.40. The third-order valence-electron chi connectivity index (χ3n) is 3.00. The molecule has 0 unspecified atom stereocenters. The van der Waals surface area contributed by atoms with Gasteiger partial charge in [0.15, 0.2) is 0 Å². The predicted molar refractivity (Wildman–Crippen MR) is 84.1 cm³/mol. The number of nitrogens with one attached hydrogen (secondary N) is 1. The second-order valence-corrected chi connectivity index (χ2v) is 6.40. The van der Waals surface area contributed by atoms with E-state index in [0.29, 0.717) is 0 Å². The summed E-state index contributed by atoms with van der Waals surface area (Å²) in [7, 11) is 0. The van der Waals surface area contributed by atoms with Crippen molar-refractivity contribution in [3.05, 3.63) is 36.0 Å². The summed E-state index contributed by atoms with van der Waals surface area (Å²) in [5.41, 5.74) is 1.29. The Bertz CT molecular complexity index is 585. The molecule has 3 nitrogen and oxygen atoms in total. The summed E-state index contributed by atoms with van der Waals surface area (Å²) in [6.07, 6.45) is 2.04. The van der Waals surface area contributed by atoms with E-state index < -0.39 is 0 Å². The van der Waals surface area contributed by atoms with Gasteiger partial charge in [-0.05, 0) is 51.6 Å². The molecule has 0 aliphatic heterocycles. The smallest absolute Gasteiger partial charge is 0.221 e. The maximum atomic E-state index is 5.80. The Kier molecular flexibility index (Phi) is 4.29. The average Bonchev–Trinajstić information content (AvgIpc) is 2.36. The first-order chi connectivity index (χ1) is 9.37. The van der Waals surface area contributed by atoms with Crippen LogP contribution >= 0.6 is 0 Å². The molecule has 2 rings (SSSR count). The quantitative estimate of drug-likeness (QED) is 0.916. The van der Waals surface area contributed by atoms with Crippen LogP contribution in [0.4, 0.5) is 0 Å². The van der Waals surface area contributed by atoms with Crippen molar-refractivity contribution < 1.29 is 4.74 Å². The highest BCUT2D eigenvalue weighted by Crippen LogP contribution is 2.27. The highest BCUT2D eigenvalue weighted by molar-refractivity contribution is 5.89. The molecule has 0 saturated carbocycles. The first-order valence-electron chi connectivity index (χ1n) is 7.15. The molecule has 0 bridgehead atoms. The minimum absolute atomic E-state index is 0.0915. The molecule has 0 fully saturated rings. The molecule has 0 radical (unpaired) electrons. The van der Waals surface area contributed by atoms with Crippen LogP contribution in [0.1, 0.15) is 40.2 Å². The molecule has 108 valence electrons. The topological polar surface area (TPSA) is 34.1 Å². The highest BCUT2D eigenvalue weighted by atomic mass is 16.5. The maximum Gasteiger partial charge on any atom is 0.221 e. The van der Waals surface area contributed by atoms with Crippen LogP contribution in [0.25, 0.3) is 10.8 Å². The Balaban J connectivity index is 2.38. The van der Waals surface area contributed by atoms with Crippen molar-refractivity contribution in [1.29, 1.82) is 0 Å². The first kappa shape index (κ1) is 14.8. The Morgan fingerprint density at radius 3 is 2.40 bits per heavy atom. The van der Waals surface area contributed by atoms with E-state index in [1.54, 1.807) is 0 Å². The van der Waals surface area contributed by atoms with Crippen LogP contribution in [0.15, 0.2) is 30.5 Å². The summed E-state index contributed by atoms with van der Waals surface area (Å²) in [5.74, 6) is 0.718. The van der Waals surface area contributed by atoms with Crippen LogP contribution < -0.4 is 10.1 Å². The van der Waals surface area contributed by atoms with Crippen LogP contribution in [0.3, 0.4) is 0 Å². The fourth-order valence-corrected chi connectivity index (χ4v) is 2.04. The van der Waals surface area contributed by atoms with E-state index in [2.05, 4.69) is 49.3 Å². The number of pyridine rings is 1. The number of fused-ring (bicyclic) bond motifs is 1. The van der Waals surface area contributed by atoms with E-state index in [1.807, 2.05) is 26.1 Å². The van der Waals surface area contributed by atoms with Crippen LogP contribution in [0, 0.1) is 0 Å². The van der Waals surface area contributed by atoms with Gasteiger partial charge in [-0.1, -0.05) is 18.2 Å². The molecular weight excluding hydrogens is 248 g/mol. The highest BCUT2D eigenvalue weighted by Gasteiger charge is 2.12. The summed E-state index contributed by atoms with van der Waals surface area (Å²) in [6, 6.07) is 8.28. The normalized spacial score (nSPS) is 12.1. The molecule has 3 heteroatoms. The molecule has 0 saturated heterocycles. The van der Waals surface area contributed by atoms with Gasteiger partial charge < -0.3 is 10.1 Å². The van der Waals surface area contributed by atoms with Crippen molar-refractivity contribution in [2.75, 3.05) is 0 Å². The van der Waals surface area contributed by atoms with Gasteiger partial charge >= 0.3 is 0 Å². The van der Waals surface area contributed by atoms with E-state index in [4.69, 9.17) is 4.74 Å². The SMILES string of the molecule is CC(C)Oc1ncc(CNC(C)(C)C)c2ccccc12. The van der Waals surface area contributed by atoms with Crippen LogP contribution in [0.5, 0.6) is 5.88 Å². The van der Waals surface area contributed by atoms with E-state index in [9.17, 15) is 0 Å². The van der Waals surface area contributed by atoms with Gasteiger partial charge in [0.05, 0.1) is 6.10 Å². The molecule has 20 heavy (non-hydrogen) atoms. The van der Waals surface area contributed by atoms with E-state index in [-0.39, 0.29) is 11.6 Å². The molecule has 0 amide bonds. The number of hydrogen-bond donors (Lipinski definition) is 1. The third kappa shape index (κ3) is 3.70. The number of hydrogen-bond acceptors (Lipinski definition) is 3. The van der Waals surface area contributed by atoms with E-state index >= 15 is 0 Å². The van der Waals surface area contributed by atoms with Crippen LogP contribution in [0.2, 0.25) is 0 Å². The van der Waals surface area contributed by atoms with Gasteiger partial charge in [-0.25, -0.2) is 4.98 Å². The zero-order valence-electron chi connectivity index (χ0n) is 13.0. The van der Waals surface area contributed by atoms with Crippen molar-refractivity contribution >= 4 is 10.8 Å². The van der Waals surface area contributed by atoms with Gasteiger partial charge in [0.1, 0.15) is 0 Å². The molecule has 1 aromatic carbocycles. The zero-order chi connectivity index (χ0) is 14.8. The van der Waals surface area contributed by atoms with Crippen molar-refractivity contribution in [1.82, 2.24) is 10.3 Å². The van der Waals surface area contributed by atoms with Crippen molar-refractivity contribution in [3.8, 4) is 5.88 Å². The maximum absolute atomic E-state index is 5.80. The Morgan fingerprint density at radius 1 is 1.15 bits per heavy atom. The molecule has 1 heterocycles. The fraction of sp³-hybridized carbons (Fsp3) is 0.471. The summed E-state index contributed by atoms with van der Waals surface area (Å²) in [4.78, 5) is 4.49. The lowest BCUT2D eigenvalue weighted by Gasteiger charge is -2.21. The molecule has 0 aliphatic rings. The lowest BCUT2D eigenvalue weighted by Crippen LogP contribution is -2.35. The lowest BCUT2D eigenvalue weighted by atomic mass is 10.1. The molecule has 1 N–H and O–H groups in total. The monoisotopic (exact) mass is 272 g/mol. The average molecular weight is 272 g/mol. The fourth-order valence-electron chi connectivity index (χ4n) is 2.04. The van der Waals surface area contributed by atoms with Gasteiger partial charge in [-0.2, -0.15) is 0 Å². The standard InChI is InChI=1S/C17H24N2O/c1-12(2)20-16-15-9-7-6-8-14(15)13(10-18-16)11-19-17(3,4)5/h6-10,12,19H,11H2,1-5H3. The van der Waals surface area contributed by atoms with Crippen LogP contribution in [-0.2, 0) is 6.54 Å². The van der Waals surface area contributed by atoms with E-state index in [0.717, 1.165) is 17.8 Å². The second kappa shape index (κ2) is 5.80. The predicted octanol–water partition coefficient (Wildman–Crippen LogP) is 3.91. The van der Waals surface area contributed by atoms with Crippen molar-refractivity contribution in [2.45, 2.75) is 52.8 Å². The first-order valence-corrected chi connectivity index (χ1v) is 7.15. The van der Waals surface area contributed by atoms with E-state index in [1.165, 1.54) is 10.9 Å². The van der Waals surface area contributed by atoms with Gasteiger partial charge in [-0.15, -0.1) is 0 Å². The molecule has 1 aromatic heterocycles. The Morgan fingerprint density at radius 2 is 1.80 bits per heavy atom. The number of benzene rings is 1. The summed E-state index contributed by atoms with van der Waals surface area (Å²) in [6.45, 7) is 11.3. The Labute approximate surface area is 121 Å². The summed E-state index contributed by atoms with van der Waals surface area (Å²) >= 11 is 0. The molecule has 0 atom stereocenters. The number of ether oxygens (including phenoxy) is 1.